The van der Waals surface area contributed by atoms with E-state index in [1.807, 2.05) is 0 Å². The Bertz CT molecular complexity index is 5780. The van der Waals surface area contributed by atoms with Gasteiger partial charge in [0, 0.05) is 77.4 Å². The fraction of sp³-hybridized carbons (Fsp3) is 0.0455. The van der Waals surface area contributed by atoms with Gasteiger partial charge in [-0.3, -0.25) is 0 Å². The first-order chi connectivity index (χ1) is 46.3. The molecule has 0 spiro atoms. The highest BCUT2D eigenvalue weighted by Gasteiger charge is 2.45. The van der Waals surface area contributed by atoms with Crippen LogP contribution in [0.2, 0.25) is 0 Å². The van der Waals surface area contributed by atoms with Crippen molar-refractivity contribution >= 4 is 123 Å². The van der Waals surface area contributed by atoms with E-state index in [1.165, 1.54) is 87.8 Å². The quantitative estimate of drug-likeness (QED) is 0.141. The number of fused-ring (bicyclic) bond motifs is 13. The molecule has 5 nitrogen and oxygen atoms in total. The average molecular weight is 1200 g/mol. The van der Waals surface area contributed by atoms with Crippen LogP contribution in [-0.4, -0.2) is 20.4 Å². The predicted molar refractivity (Wildman–Crippen MR) is 398 cm³/mol. The molecule has 3 aromatic heterocycles. The van der Waals surface area contributed by atoms with E-state index < -0.39 is 0 Å². The molecule has 0 atom stereocenters. The van der Waals surface area contributed by atoms with Crippen molar-refractivity contribution in [1.82, 2.24) is 13.7 Å². The van der Waals surface area contributed by atoms with Gasteiger partial charge >= 0.3 is 0 Å². The number of nitrogens with zero attached hydrogens (tertiary/aromatic N) is 5. The average Bonchev–Trinajstić information content (AvgIpc) is 0.945. The maximum atomic E-state index is 2.64. The Labute approximate surface area is 546 Å². The van der Waals surface area contributed by atoms with Gasteiger partial charge in [-0.15, -0.1) is 0 Å². The van der Waals surface area contributed by atoms with Gasteiger partial charge in [-0.25, -0.2) is 0 Å². The monoisotopic (exact) mass is 1200 g/mol. The summed E-state index contributed by atoms with van der Waals surface area (Å²) in [6.45, 7) is 6.94. The molecule has 0 unspecified atom stereocenters. The van der Waals surface area contributed by atoms with Crippen LogP contribution in [0.25, 0.3) is 116 Å². The van der Waals surface area contributed by atoms with Gasteiger partial charge in [0.05, 0.1) is 55.8 Å². The highest BCUT2D eigenvalue weighted by molar-refractivity contribution is 7.00. The summed E-state index contributed by atoms with van der Waals surface area (Å²) in [5.41, 5.74) is 28.8. The summed E-state index contributed by atoms with van der Waals surface area (Å²) in [6, 6.07) is 120. The number of anilines is 6. The third-order valence-electron chi connectivity index (χ3n) is 20.2. The SMILES string of the molecule is CC(C)(C)c1cc2c3c(c1)N(c1ccccc1-c1ccccc1)c1cc(-n4c5ccccc5c5ccccc54)ccc1B3c1ccc(-c3cccc(-n4c5ccccc5c5ccccc54)c3-n3c4ccccc4c4ccccc43)cc1N2c1ccccc1-c1ccccc1. The van der Waals surface area contributed by atoms with E-state index in [2.05, 4.69) is 366 Å². The van der Waals surface area contributed by atoms with Gasteiger partial charge in [0.2, 0.25) is 0 Å². The summed E-state index contributed by atoms with van der Waals surface area (Å²) in [5, 5.41) is 7.36. The maximum Gasteiger partial charge on any atom is 0.252 e. The normalized spacial score (nSPS) is 12.8. The zero-order chi connectivity index (χ0) is 62.3. The predicted octanol–water partition coefficient (Wildman–Crippen LogP) is 21.4. The summed E-state index contributed by atoms with van der Waals surface area (Å²) in [7, 11) is 0. The zero-order valence-electron chi connectivity index (χ0n) is 52.4. The molecule has 2 aliphatic rings. The minimum absolute atomic E-state index is 0.175. The number of hydrogen-bond acceptors (Lipinski definition) is 2. The Morgan fingerprint density at radius 2 is 0.628 bits per heavy atom. The summed E-state index contributed by atoms with van der Waals surface area (Å²) >= 11 is 0. The van der Waals surface area contributed by atoms with Gasteiger partial charge in [0.25, 0.3) is 6.71 Å². The topological polar surface area (TPSA) is 21.3 Å². The third-order valence-corrected chi connectivity index (χ3v) is 20.2. The lowest BCUT2D eigenvalue weighted by atomic mass is 9.33. The minimum Gasteiger partial charge on any atom is -0.311 e. The van der Waals surface area contributed by atoms with Gasteiger partial charge in [0.15, 0.2) is 0 Å². The standard InChI is InChI=1S/C88H62BN5/c1-88(2,3)60-54-84-86-85(55-60)93(74-41-19-11-32-63(74)58-29-8-5-9-30-58)83-56-61(90-75-42-20-12-33-65(75)66-34-13-21-43-76(66)90)50-52-72(83)89(86)71-51-49-59(53-82(71)92(84)73-40-18-10-31-62(73)57-27-6-4-7-28-57)64-39-26-48-81(91-77-44-22-14-35-67(77)68-36-15-23-45-78(68)91)87(64)94-79-46-24-16-37-69(79)70-38-17-25-47-80(70)94/h4-56H,1-3H3. The third kappa shape index (κ3) is 8.02. The largest absolute Gasteiger partial charge is 0.311 e. The summed E-state index contributed by atoms with van der Waals surface area (Å²) in [4.78, 5) is 5.26. The van der Waals surface area contributed by atoms with Crippen LogP contribution in [0.15, 0.2) is 322 Å². The van der Waals surface area contributed by atoms with Gasteiger partial charge in [-0.1, -0.05) is 257 Å². The number of aromatic nitrogens is 3. The first kappa shape index (κ1) is 53.9. The fourth-order valence-corrected chi connectivity index (χ4v) is 16.0. The van der Waals surface area contributed by atoms with E-state index in [9.17, 15) is 0 Å². The molecule has 6 heteroatoms. The Kier molecular flexibility index (Phi) is 12.0. The molecule has 0 radical (unpaired) electrons. The molecule has 0 saturated heterocycles. The molecule has 0 bridgehead atoms. The summed E-state index contributed by atoms with van der Waals surface area (Å²) in [5.74, 6) is 0. The highest BCUT2D eigenvalue weighted by Crippen LogP contribution is 2.52. The van der Waals surface area contributed by atoms with Gasteiger partial charge in [-0.2, -0.15) is 0 Å². The van der Waals surface area contributed by atoms with Crippen LogP contribution >= 0.6 is 0 Å². The molecule has 94 heavy (non-hydrogen) atoms. The van der Waals surface area contributed by atoms with Crippen LogP contribution in [0.4, 0.5) is 34.1 Å². The molecular formula is C88H62BN5. The molecule has 0 fully saturated rings. The van der Waals surface area contributed by atoms with Gasteiger partial charge < -0.3 is 23.5 Å². The lowest BCUT2D eigenvalue weighted by Crippen LogP contribution is -2.61. The van der Waals surface area contributed by atoms with Crippen molar-refractivity contribution in [3.05, 3.63) is 327 Å². The first-order valence-corrected chi connectivity index (χ1v) is 32.8. The Hall–Kier alpha value is -11.9. The number of rotatable bonds is 8. The molecule has 442 valence electrons. The summed E-state index contributed by atoms with van der Waals surface area (Å²) in [6.07, 6.45) is 0. The van der Waals surface area contributed by atoms with Crippen molar-refractivity contribution in [3.8, 4) is 50.4 Å². The van der Waals surface area contributed by atoms with E-state index in [-0.39, 0.29) is 12.1 Å². The van der Waals surface area contributed by atoms with E-state index in [4.69, 9.17) is 0 Å². The lowest BCUT2D eigenvalue weighted by molar-refractivity contribution is 0.590. The smallest absolute Gasteiger partial charge is 0.252 e. The Morgan fingerprint density at radius 3 is 1.10 bits per heavy atom. The van der Waals surface area contributed by atoms with Crippen molar-refractivity contribution in [1.29, 1.82) is 0 Å². The zero-order valence-corrected chi connectivity index (χ0v) is 52.4. The molecule has 19 rings (SSSR count). The molecule has 0 amide bonds. The molecule has 0 N–H and O–H groups in total. The van der Waals surface area contributed by atoms with Crippen LogP contribution in [0.1, 0.15) is 26.3 Å². The Balaban J connectivity index is 0.939. The van der Waals surface area contributed by atoms with Crippen LogP contribution in [-0.2, 0) is 5.41 Å². The molecular weight excluding hydrogens is 1140 g/mol. The fourth-order valence-electron chi connectivity index (χ4n) is 16.0. The molecule has 17 aromatic rings. The van der Waals surface area contributed by atoms with E-state index in [0.29, 0.717) is 0 Å². The van der Waals surface area contributed by atoms with Gasteiger partial charge in [0.1, 0.15) is 0 Å². The van der Waals surface area contributed by atoms with Crippen molar-refractivity contribution in [2.24, 2.45) is 0 Å². The van der Waals surface area contributed by atoms with Crippen LogP contribution in [0.3, 0.4) is 0 Å². The van der Waals surface area contributed by atoms with Crippen LogP contribution < -0.4 is 26.2 Å². The second-order valence-electron chi connectivity index (χ2n) is 26.3. The van der Waals surface area contributed by atoms with E-state index in [0.717, 1.165) is 84.1 Å². The molecule has 0 aliphatic carbocycles. The minimum atomic E-state index is -0.256. The van der Waals surface area contributed by atoms with Crippen molar-refractivity contribution < 1.29 is 0 Å². The maximum absolute atomic E-state index is 2.64. The van der Waals surface area contributed by atoms with Crippen molar-refractivity contribution in [2.75, 3.05) is 9.80 Å². The molecule has 14 aromatic carbocycles. The number of para-hydroxylation sites is 9. The van der Waals surface area contributed by atoms with E-state index >= 15 is 0 Å². The number of benzene rings is 14. The number of hydrogen-bond donors (Lipinski definition) is 0. The second kappa shape index (κ2) is 20.8. The van der Waals surface area contributed by atoms with Gasteiger partial charge in [-0.05, 0) is 129 Å². The highest BCUT2D eigenvalue weighted by atomic mass is 15.2. The lowest BCUT2D eigenvalue weighted by Gasteiger charge is -2.46. The first-order valence-electron chi connectivity index (χ1n) is 32.8. The molecule has 0 saturated carbocycles. The summed E-state index contributed by atoms with van der Waals surface area (Å²) < 4.78 is 7.53. The Morgan fingerprint density at radius 1 is 0.255 bits per heavy atom. The molecule has 2 aliphatic heterocycles. The van der Waals surface area contributed by atoms with Crippen molar-refractivity contribution in [2.45, 2.75) is 26.2 Å². The molecule has 5 heterocycles. The van der Waals surface area contributed by atoms with Crippen LogP contribution in [0, 0.1) is 0 Å². The van der Waals surface area contributed by atoms with Crippen LogP contribution in [0.5, 0.6) is 0 Å². The van der Waals surface area contributed by atoms with E-state index in [1.54, 1.807) is 0 Å². The van der Waals surface area contributed by atoms with Crippen molar-refractivity contribution in [3.63, 3.8) is 0 Å². The second-order valence-corrected chi connectivity index (χ2v) is 26.3.